The van der Waals surface area contributed by atoms with Gasteiger partial charge in [-0.2, -0.15) is 0 Å². The summed E-state index contributed by atoms with van der Waals surface area (Å²) in [6.07, 6.45) is 5.01. The van der Waals surface area contributed by atoms with Crippen LogP contribution in [0, 0.1) is 5.92 Å². The van der Waals surface area contributed by atoms with Crippen LogP contribution in [0.2, 0.25) is 0 Å². The van der Waals surface area contributed by atoms with Gasteiger partial charge in [-0.1, -0.05) is 0 Å². The van der Waals surface area contributed by atoms with Crippen molar-refractivity contribution in [3.63, 3.8) is 0 Å². The van der Waals surface area contributed by atoms with Crippen LogP contribution >= 0.6 is 0 Å². The molecule has 1 aromatic heterocycles. The lowest BCUT2D eigenvalue weighted by Crippen LogP contribution is -2.48. The van der Waals surface area contributed by atoms with Gasteiger partial charge in [0.2, 0.25) is 5.89 Å². The quantitative estimate of drug-likeness (QED) is 0.912. The first-order valence-electron chi connectivity index (χ1n) is 7.86. The van der Waals surface area contributed by atoms with E-state index in [4.69, 9.17) is 4.42 Å². The van der Waals surface area contributed by atoms with Crippen molar-refractivity contribution >= 4 is 11.7 Å². The van der Waals surface area contributed by atoms with E-state index in [1.54, 1.807) is 11.1 Å². The van der Waals surface area contributed by atoms with E-state index >= 15 is 0 Å². The highest BCUT2D eigenvalue weighted by atomic mass is 16.3. The van der Waals surface area contributed by atoms with Gasteiger partial charge in [0.1, 0.15) is 6.26 Å². The van der Waals surface area contributed by atoms with E-state index < -0.39 is 0 Å². The Kier molecular flexibility index (Phi) is 4.62. The standard InChI is InChI=1S/C17H21N3O3/c1-12-2-3-13(11-21)10-20(12)17(22)19-15-6-4-14(5-7-15)16-18-8-9-23-16/h4-9,12-13,21H,2-3,10-11H2,1H3,(H,19,22). The van der Waals surface area contributed by atoms with Crippen LogP contribution in [-0.2, 0) is 0 Å². The van der Waals surface area contributed by atoms with Crippen LogP contribution in [0.4, 0.5) is 10.5 Å². The van der Waals surface area contributed by atoms with Crippen molar-refractivity contribution in [2.45, 2.75) is 25.8 Å². The van der Waals surface area contributed by atoms with Gasteiger partial charge in [-0.15, -0.1) is 0 Å². The molecule has 0 radical (unpaired) electrons. The van der Waals surface area contributed by atoms with E-state index in [9.17, 15) is 9.90 Å². The number of rotatable bonds is 3. The van der Waals surface area contributed by atoms with Crippen molar-refractivity contribution in [2.24, 2.45) is 5.92 Å². The molecule has 0 bridgehead atoms. The highest BCUT2D eigenvalue weighted by Crippen LogP contribution is 2.23. The summed E-state index contributed by atoms with van der Waals surface area (Å²) in [7, 11) is 0. The third-order valence-electron chi connectivity index (χ3n) is 4.31. The number of anilines is 1. The van der Waals surface area contributed by atoms with Gasteiger partial charge >= 0.3 is 6.03 Å². The second-order valence-electron chi connectivity index (χ2n) is 5.97. The monoisotopic (exact) mass is 315 g/mol. The minimum Gasteiger partial charge on any atom is -0.445 e. The van der Waals surface area contributed by atoms with Gasteiger partial charge in [0.15, 0.2) is 0 Å². The molecule has 23 heavy (non-hydrogen) atoms. The Hall–Kier alpha value is -2.34. The summed E-state index contributed by atoms with van der Waals surface area (Å²) in [5.41, 5.74) is 1.59. The third-order valence-corrected chi connectivity index (χ3v) is 4.31. The van der Waals surface area contributed by atoms with Crippen molar-refractivity contribution in [1.29, 1.82) is 0 Å². The smallest absolute Gasteiger partial charge is 0.322 e. The number of amides is 2. The average molecular weight is 315 g/mol. The predicted molar refractivity (Wildman–Crippen MR) is 86.9 cm³/mol. The lowest BCUT2D eigenvalue weighted by Gasteiger charge is -2.37. The number of carbonyl (C=O) groups excluding carboxylic acids is 1. The van der Waals surface area contributed by atoms with Gasteiger partial charge in [-0.25, -0.2) is 9.78 Å². The van der Waals surface area contributed by atoms with Gasteiger partial charge in [0, 0.05) is 30.4 Å². The number of hydrogen-bond acceptors (Lipinski definition) is 4. The maximum absolute atomic E-state index is 12.5. The number of piperidine rings is 1. The molecule has 2 atom stereocenters. The zero-order valence-electron chi connectivity index (χ0n) is 13.1. The SMILES string of the molecule is CC1CCC(CO)CN1C(=O)Nc1ccc(-c2ncco2)cc1. The van der Waals surface area contributed by atoms with E-state index in [2.05, 4.69) is 10.3 Å². The molecule has 2 aromatic rings. The molecule has 1 aliphatic heterocycles. The summed E-state index contributed by atoms with van der Waals surface area (Å²) in [6.45, 7) is 2.76. The molecule has 0 spiro atoms. The predicted octanol–water partition coefficient (Wildman–Crippen LogP) is 2.97. The third kappa shape index (κ3) is 3.53. The van der Waals surface area contributed by atoms with Crippen LogP contribution in [0.1, 0.15) is 19.8 Å². The number of benzene rings is 1. The molecule has 2 amide bonds. The Morgan fingerprint density at radius 3 is 2.83 bits per heavy atom. The van der Waals surface area contributed by atoms with Crippen molar-refractivity contribution in [3.05, 3.63) is 36.7 Å². The lowest BCUT2D eigenvalue weighted by atomic mass is 9.94. The number of aromatic nitrogens is 1. The lowest BCUT2D eigenvalue weighted by molar-refractivity contribution is 0.107. The Morgan fingerprint density at radius 1 is 1.39 bits per heavy atom. The first-order chi connectivity index (χ1) is 11.2. The fraction of sp³-hybridized carbons (Fsp3) is 0.412. The number of nitrogens with zero attached hydrogens (tertiary/aromatic N) is 2. The second kappa shape index (κ2) is 6.83. The molecule has 6 nitrogen and oxygen atoms in total. The molecule has 1 aliphatic rings. The van der Waals surface area contributed by atoms with E-state index in [1.165, 1.54) is 6.26 Å². The number of aliphatic hydroxyl groups excluding tert-OH is 1. The maximum atomic E-state index is 12.5. The highest BCUT2D eigenvalue weighted by molar-refractivity contribution is 5.89. The van der Waals surface area contributed by atoms with E-state index in [-0.39, 0.29) is 24.6 Å². The van der Waals surface area contributed by atoms with Crippen LogP contribution in [0.5, 0.6) is 0 Å². The van der Waals surface area contributed by atoms with Gasteiger partial charge in [0.05, 0.1) is 6.20 Å². The molecule has 6 heteroatoms. The summed E-state index contributed by atoms with van der Waals surface area (Å²) in [6, 6.07) is 7.43. The minimum atomic E-state index is -0.125. The summed E-state index contributed by atoms with van der Waals surface area (Å²) in [5, 5.41) is 12.2. The summed E-state index contributed by atoms with van der Waals surface area (Å²) >= 11 is 0. The van der Waals surface area contributed by atoms with Gasteiger partial charge in [-0.3, -0.25) is 0 Å². The maximum Gasteiger partial charge on any atom is 0.322 e. The van der Waals surface area contributed by atoms with Crippen molar-refractivity contribution in [3.8, 4) is 11.5 Å². The van der Waals surface area contributed by atoms with E-state index in [0.29, 0.717) is 12.4 Å². The number of nitrogens with one attached hydrogen (secondary N) is 1. The van der Waals surface area contributed by atoms with Crippen LogP contribution in [0.15, 0.2) is 41.1 Å². The number of hydrogen-bond donors (Lipinski definition) is 2. The second-order valence-corrected chi connectivity index (χ2v) is 5.97. The Balaban J connectivity index is 1.65. The van der Waals surface area contributed by atoms with Crippen LogP contribution in [-0.4, -0.2) is 40.2 Å². The number of urea groups is 1. The molecule has 122 valence electrons. The van der Waals surface area contributed by atoms with Crippen LogP contribution in [0.3, 0.4) is 0 Å². The Labute approximate surface area is 135 Å². The zero-order chi connectivity index (χ0) is 16.2. The molecule has 1 fully saturated rings. The van der Waals surface area contributed by atoms with Gasteiger partial charge in [-0.05, 0) is 49.9 Å². The largest absolute Gasteiger partial charge is 0.445 e. The van der Waals surface area contributed by atoms with E-state index in [1.807, 2.05) is 31.2 Å². The fourth-order valence-corrected chi connectivity index (χ4v) is 2.87. The topological polar surface area (TPSA) is 78.6 Å². The van der Waals surface area contributed by atoms with Crippen LogP contribution in [0.25, 0.3) is 11.5 Å². The van der Waals surface area contributed by atoms with Crippen molar-refractivity contribution in [1.82, 2.24) is 9.88 Å². The van der Waals surface area contributed by atoms with Crippen molar-refractivity contribution in [2.75, 3.05) is 18.5 Å². The summed E-state index contributed by atoms with van der Waals surface area (Å²) in [4.78, 5) is 18.3. The Bertz CT molecular complexity index is 640. The Morgan fingerprint density at radius 2 is 2.17 bits per heavy atom. The molecular formula is C17H21N3O3. The molecule has 2 heterocycles. The number of likely N-dealkylation sites (tertiary alicyclic amines) is 1. The first kappa shape index (κ1) is 15.6. The molecular weight excluding hydrogens is 294 g/mol. The molecule has 2 N–H and O–H groups in total. The first-order valence-corrected chi connectivity index (χ1v) is 7.86. The summed E-state index contributed by atoms with van der Waals surface area (Å²) in [5.74, 6) is 0.725. The molecule has 2 unspecified atom stereocenters. The number of aliphatic hydroxyl groups is 1. The molecule has 1 aromatic carbocycles. The molecule has 3 rings (SSSR count). The normalized spacial score (nSPS) is 21.2. The van der Waals surface area contributed by atoms with Crippen LogP contribution < -0.4 is 5.32 Å². The molecule has 0 aliphatic carbocycles. The number of carbonyl (C=O) groups is 1. The zero-order valence-corrected chi connectivity index (χ0v) is 13.1. The summed E-state index contributed by atoms with van der Waals surface area (Å²) < 4.78 is 5.24. The fourth-order valence-electron chi connectivity index (χ4n) is 2.87. The van der Waals surface area contributed by atoms with E-state index in [0.717, 1.165) is 24.1 Å². The highest BCUT2D eigenvalue weighted by Gasteiger charge is 2.28. The van der Waals surface area contributed by atoms with Gasteiger partial charge < -0.3 is 19.7 Å². The minimum absolute atomic E-state index is 0.125. The average Bonchev–Trinajstić information content (AvgIpc) is 3.10. The molecule has 0 saturated carbocycles. The number of oxazole rings is 1. The van der Waals surface area contributed by atoms with Crippen molar-refractivity contribution < 1.29 is 14.3 Å². The van der Waals surface area contributed by atoms with Gasteiger partial charge in [0.25, 0.3) is 0 Å². The molecule has 1 saturated heterocycles.